The molecule has 0 spiro atoms. The van der Waals surface area contributed by atoms with Gasteiger partial charge in [0.2, 0.25) is 5.82 Å². The quantitative estimate of drug-likeness (QED) is 0.712. The van der Waals surface area contributed by atoms with Crippen LogP contribution < -0.4 is 0 Å². The van der Waals surface area contributed by atoms with Gasteiger partial charge in [-0.05, 0) is 24.3 Å². The molecule has 3 rings (SSSR count). The molecule has 0 fully saturated rings. The molecule has 0 amide bonds. The van der Waals surface area contributed by atoms with Gasteiger partial charge in [-0.1, -0.05) is 17.3 Å². The lowest BCUT2D eigenvalue weighted by atomic mass is 10.2. The highest BCUT2D eigenvalue weighted by Crippen LogP contribution is 2.22. The van der Waals surface area contributed by atoms with Crippen molar-refractivity contribution in [3.63, 3.8) is 0 Å². The van der Waals surface area contributed by atoms with Gasteiger partial charge >= 0.3 is 0 Å². The maximum absolute atomic E-state index is 13.6. The van der Waals surface area contributed by atoms with E-state index in [0.717, 1.165) is 0 Å². The second-order valence-electron chi connectivity index (χ2n) is 3.95. The van der Waals surface area contributed by atoms with E-state index in [2.05, 4.69) is 15.1 Å². The van der Waals surface area contributed by atoms with Gasteiger partial charge in [-0.2, -0.15) is 10.2 Å². The topological polar surface area (TPSA) is 75.6 Å². The SMILES string of the molecule is N#Cc1ccc(-c2nc(-c3ccccc3F)no2)nc1. The monoisotopic (exact) mass is 266 g/mol. The van der Waals surface area contributed by atoms with Gasteiger partial charge in [-0.25, -0.2) is 9.37 Å². The first-order valence-corrected chi connectivity index (χ1v) is 5.73. The van der Waals surface area contributed by atoms with Gasteiger partial charge in [0.15, 0.2) is 0 Å². The molecule has 5 nitrogen and oxygen atoms in total. The molecule has 0 aliphatic carbocycles. The van der Waals surface area contributed by atoms with Crippen LogP contribution in [0.15, 0.2) is 47.1 Å². The van der Waals surface area contributed by atoms with Crippen molar-refractivity contribution in [1.29, 1.82) is 5.26 Å². The normalized spacial score (nSPS) is 10.2. The van der Waals surface area contributed by atoms with Crippen LogP contribution in [0.1, 0.15) is 5.56 Å². The lowest BCUT2D eigenvalue weighted by molar-refractivity contribution is 0.430. The van der Waals surface area contributed by atoms with Gasteiger partial charge in [0.1, 0.15) is 17.6 Å². The molecule has 0 saturated heterocycles. The Morgan fingerprint density at radius 3 is 2.70 bits per heavy atom. The fourth-order valence-electron chi connectivity index (χ4n) is 1.67. The number of aromatic nitrogens is 3. The standard InChI is InChI=1S/C14H7FN4O/c15-11-4-2-1-3-10(11)13-18-14(20-19-13)12-6-5-9(7-16)8-17-12/h1-6,8H. The Hall–Kier alpha value is -3.07. The van der Waals surface area contributed by atoms with Crippen LogP contribution in [-0.4, -0.2) is 15.1 Å². The molecule has 2 aromatic heterocycles. The van der Waals surface area contributed by atoms with Crippen molar-refractivity contribution in [2.24, 2.45) is 0 Å². The highest BCUT2D eigenvalue weighted by molar-refractivity contribution is 5.58. The molecule has 0 bridgehead atoms. The zero-order chi connectivity index (χ0) is 13.9. The van der Waals surface area contributed by atoms with Crippen LogP contribution in [0.2, 0.25) is 0 Å². The number of rotatable bonds is 2. The lowest BCUT2D eigenvalue weighted by Gasteiger charge is -1.95. The maximum atomic E-state index is 13.6. The van der Waals surface area contributed by atoms with Gasteiger partial charge in [0, 0.05) is 6.20 Å². The summed E-state index contributed by atoms with van der Waals surface area (Å²) in [4.78, 5) is 8.14. The number of hydrogen-bond acceptors (Lipinski definition) is 5. The molecule has 3 aromatic rings. The minimum Gasteiger partial charge on any atom is -0.332 e. The Kier molecular flexibility index (Phi) is 2.94. The third-order valence-corrected chi connectivity index (χ3v) is 2.65. The number of halogens is 1. The number of hydrogen-bond donors (Lipinski definition) is 0. The van der Waals surface area contributed by atoms with Crippen molar-refractivity contribution < 1.29 is 8.91 Å². The second kappa shape index (κ2) is 4.90. The smallest absolute Gasteiger partial charge is 0.276 e. The van der Waals surface area contributed by atoms with E-state index < -0.39 is 5.82 Å². The van der Waals surface area contributed by atoms with Crippen LogP contribution in [0.25, 0.3) is 23.0 Å². The maximum Gasteiger partial charge on any atom is 0.276 e. The number of pyridine rings is 1. The molecule has 0 saturated carbocycles. The highest BCUT2D eigenvalue weighted by Gasteiger charge is 2.14. The largest absolute Gasteiger partial charge is 0.332 e. The minimum atomic E-state index is -0.423. The summed E-state index contributed by atoms with van der Waals surface area (Å²) in [5.41, 5.74) is 1.12. The first-order chi connectivity index (χ1) is 9.78. The summed E-state index contributed by atoms with van der Waals surface area (Å²) in [5.74, 6) is -0.0929. The van der Waals surface area contributed by atoms with E-state index in [1.165, 1.54) is 12.3 Å². The van der Waals surface area contributed by atoms with Crippen LogP contribution in [0.5, 0.6) is 0 Å². The molecule has 0 radical (unpaired) electrons. The van der Waals surface area contributed by atoms with Crippen molar-refractivity contribution in [1.82, 2.24) is 15.1 Å². The molecule has 6 heteroatoms. The Balaban J connectivity index is 1.98. The molecule has 1 aromatic carbocycles. The van der Waals surface area contributed by atoms with Crippen molar-refractivity contribution in [3.05, 3.63) is 54.0 Å². The van der Waals surface area contributed by atoms with Crippen LogP contribution >= 0.6 is 0 Å². The fourth-order valence-corrected chi connectivity index (χ4v) is 1.67. The van der Waals surface area contributed by atoms with E-state index in [1.807, 2.05) is 6.07 Å². The number of benzene rings is 1. The third kappa shape index (κ3) is 2.12. The molecule has 0 aliphatic rings. The van der Waals surface area contributed by atoms with Crippen molar-refractivity contribution in [3.8, 4) is 29.0 Å². The summed E-state index contributed by atoms with van der Waals surface area (Å²) in [7, 11) is 0. The van der Waals surface area contributed by atoms with E-state index >= 15 is 0 Å². The Morgan fingerprint density at radius 1 is 1.15 bits per heavy atom. The molecule has 0 unspecified atom stereocenters. The first kappa shape index (κ1) is 12.0. The average Bonchev–Trinajstić information content (AvgIpc) is 2.97. The summed E-state index contributed by atoms with van der Waals surface area (Å²) in [6.07, 6.45) is 1.41. The van der Waals surface area contributed by atoms with Gasteiger partial charge in [0.25, 0.3) is 5.89 Å². The zero-order valence-electron chi connectivity index (χ0n) is 10.1. The van der Waals surface area contributed by atoms with E-state index in [9.17, 15) is 4.39 Å². The first-order valence-electron chi connectivity index (χ1n) is 5.73. The predicted molar refractivity (Wildman–Crippen MR) is 67.6 cm³/mol. The van der Waals surface area contributed by atoms with Crippen LogP contribution in [0, 0.1) is 17.1 Å². The Labute approximate surface area is 113 Å². The van der Waals surface area contributed by atoms with E-state index in [-0.39, 0.29) is 17.3 Å². The van der Waals surface area contributed by atoms with Crippen molar-refractivity contribution >= 4 is 0 Å². The zero-order valence-corrected chi connectivity index (χ0v) is 10.1. The molecular formula is C14H7FN4O. The average molecular weight is 266 g/mol. The van der Waals surface area contributed by atoms with Crippen LogP contribution in [-0.2, 0) is 0 Å². The van der Waals surface area contributed by atoms with E-state index in [0.29, 0.717) is 11.3 Å². The number of nitriles is 1. The van der Waals surface area contributed by atoms with Crippen molar-refractivity contribution in [2.75, 3.05) is 0 Å². The molecule has 0 N–H and O–H groups in total. The Bertz CT molecular complexity index is 789. The summed E-state index contributed by atoms with van der Waals surface area (Å²) >= 11 is 0. The summed E-state index contributed by atoms with van der Waals surface area (Å²) in [5, 5.41) is 12.4. The van der Waals surface area contributed by atoms with Gasteiger partial charge in [-0.15, -0.1) is 0 Å². The van der Waals surface area contributed by atoms with Crippen LogP contribution in [0.4, 0.5) is 4.39 Å². The molecule has 0 atom stereocenters. The van der Waals surface area contributed by atoms with Gasteiger partial charge in [-0.3, -0.25) is 0 Å². The lowest BCUT2D eigenvalue weighted by Crippen LogP contribution is -1.87. The van der Waals surface area contributed by atoms with Crippen LogP contribution in [0.3, 0.4) is 0 Å². The molecule has 20 heavy (non-hydrogen) atoms. The van der Waals surface area contributed by atoms with Gasteiger partial charge < -0.3 is 4.52 Å². The van der Waals surface area contributed by atoms with E-state index in [1.54, 1.807) is 30.3 Å². The number of nitrogens with zero attached hydrogens (tertiary/aromatic N) is 4. The summed E-state index contributed by atoms with van der Waals surface area (Å²) < 4.78 is 18.7. The van der Waals surface area contributed by atoms with Gasteiger partial charge in [0.05, 0.1) is 11.1 Å². The minimum absolute atomic E-state index is 0.157. The van der Waals surface area contributed by atoms with Crippen molar-refractivity contribution in [2.45, 2.75) is 0 Å². The van der Waals surface area contributed by atoms with E-state index in [4.69, 9.17) is 9.78 Å². The Morgan fingerprint density at radius 2 is 2.00 bits per heavy atom. The summed E-state index contributed by atoms with van der Waals surface area (Å²) in [6.45, 7) is 0. The highest BCUT2D eigenvalue weighted by atomic mass is 19.1. The second-order valence-corrected chi connectivity index (χ2v) is 3.95. The summed E-state index contributed by atoms with van der Waals surface area (Å²) in [6, 6.07) is 11.3. The third-order valence-electron chi connectivity index (χ3n) is 2.65. The molecule has 0 aliphatic heterocycles. The molecule has 96 valence electrons. The predicted octanol–water partition coefficient (Wildman–Crippen LogP) is 2.81. The molecular weight excluding hydrogens is 259 g/mol. The fraction of sp³-hybridized carbons (Fsp3) is 0. The molecule has 2 heterocycles.